The number of benzene rings is 2. The van der Waals surface area contributed by atoms with Gasteiger partial charge in [0.2, 0.25) is 0 Å². The lowest BCUT2D eigenvalue weighted by atomic mass is 9.82. The van der Waals surface area contributed by atoms with Crippen LogP contribution in [0.1, 0.15) is 45.7 Å². The highest BCUT2D eigenvalue weighted by atomic mass is 16.3. The van der Waals surface area contributed by atoms with Crippen molar-refractivity contribution in [2.24, 2.45) is 0 Å². The molecule has 2 atom stereocenters. The molecule has 3 rings (SSSR count). The van der Waals surface area contributed by atoms with Crippen molar-refractivity contribution in [1.29, 1.82) is 0 Å². The van der Waals surface area contributed by atoms with Crippen molar-refractivity contribution >= 4 is 22.9 Å². The van der Waals surface area contributed by atoms with Gasteiger partial charge in [0.15, 0.2) is 11.6 Å². The minimum absolute atomic E-state index is 0.232. The SMILES string of the molecule is CC(O)CNc1ccc(NCC(C)O)c2c1C(=O)c1ccccc1C2=O. The topological polar surface area (TPSA) is 98.7 Å². The van der Waals surface area contributed by atoms with Crippen LogP contribution in [0.2, 0.25) is 0 Å². The molecular weight excluding hydrogens is 332 g/mol. The van der Waals surface area contributed by atoms with E-state index in [4.69, 9.17) is 0 Å². The fourth-order valence-corrected chi connectivity index (χ4v) is 3.03. The van der Waals surface area contributed by atoms with E-state index in [2.05, 4.69) is 10.6 Å². The monoisotopic (exact) mass is 354 g/mol. The van der Waals surface area contributed by atoms with E-state index in [0.717, 1.165) is 0 Å². The quantitative estimate of drug-likeness (QED) is 0.541. The number of rotatable bonds is 6. The van der Waals surface area contributed by atoms with Crippen LogP contribution >= 0.6 is 0 Å². The summed E-state index contributed by atoms with van der Waals surface area (Å²) in [5.41, 5.74) is 2.36. The maximum Gasteiger partial charge on any atom is 0.196 e. The Kier molecular flexibility index (Phi) is 5.06. The Bertz CT molecular complexity index is 789. The molecule has 0 heterocycles. The van der Waals surface area contributed by atoms with Gasteiger partial charge < -0.3 is 20.8 Å². The van der Waals surface area contributed by atoms with Gasteiger partial charge >= 0.3 is 0 Å². The van der Waals surface area contributed by atoms with E-state index in [9.17, 15) is 19.8 Å². The molecule has 0 amide bonds. The van der Waals surface area contributed by atoms with Crippen LogP contribution in [0.3, 0.4) is 0 Å². The number of ketones is 2. The molecule has 2 aromatic rings. The van der Waals surface area contributed by atoms with Crippen molar-refractivity contribution in [3.8, 4) is 0 Å². The molecule has 1 aliphatic rings. The van der Waals surface area contributed by atoms with E-state index < -0.39 is 12.2 Å². The Morgan fingerprint density at radius 2 is 1.15 bits per heavy atom. The Balaban J connectivity index is 2.13. The van der Waals surface area contributed by atoms with Crippen molar-refractivity contribution in [1.82, 2.24) is 0 Å². The van der Waals surface area contributed by atoms with E-state index >= 15 is 0 Å². The lowest BCUT2D eigenvalue weighted by Crippen LogP contribution is -2.26. The van der Waals surface area contributed by atoms with Crippen molar-refractivity contribution in [3.63, 3.8) is 0 Å². The predicted molar refractivity (Wildman–Crippen MR) is 100 cm³/mol. The highest BCUT2D eigenvalue weighted by Gasteiger charge is 2.33. The normalized spacial score (nSPS) is 15.1. The third-order valence-corrected chi connectivity index (χ3v) is 4.25. The van der Waals surface area contributed by atoms with Gasteiger partial charge in [-0.05, 0) is 26.0 Å². The number of aliphatic hydroxyl groups excluding tert-OH is 2. The van der Waals surface area contributed by atoms with Gasteiger partial charge in [0.05, 0.1) is 23.3 Å². The molecule has 0 fully saturated rings. The Morgan fingerprint density at radius 3 is 1.50 bits per heavy atom. The van der Waals surface area contributed by atoms with Gasteiger partial charge in [-0.15, -0.1) is 0 Å². The third kappa shape index (κ3) is 3.34. The fraction of sp³-hybridized carbons (Fsp3) is 0.300. The number of carbonyl (C=O) groups excluding carboxylic acids is 2. The molecule has 6 heteroatoms. The molecule has 0 bridgehead atoms. The zero-order valence-corrected chi connectivity index (χ0v) is 14.7. The number of anilines is 2. The van der Waals surface area contributed by atoms with E-state index in [1.165, 1.54) is 0 Å². The molecule has 0 spiro atoms. The van der Waals surface area contributed by atoms with E-state index in [0.29, 0.717) is 33.6 Å². The summed E-state index contributed by atoms with van der Waals surface area (Å²) >= 11 is 0. The van der Waals surface area contributed by atoms with Gasteiger partial charge in [0.25, 0.3) is 0 Å². The van der Waals surface area contributed by atoms with Crippen LogP contribution in [0.15, 0.2) is 36.4 Å². The number of hydrogen-bond acceptors (Lipinski definition) is 6. The highest BCUT2D eigenvalue weighted by Crippen LogP contribution is 2.36. The molecule has 1 aliphatic carbocycles. The standard InChI is InChI=1S/C20H22N2O4/c1-11(23)9-21-15-7-8-16(22-10-12(2)24)18-17(15)19(25)13-5-3-4-6-14(13)20(18)26/h3-8,11-12,21-24H,9-10H2,1-2H3. The fourth-order valence-electron chi connectivity index (χ4n) is 3.03. The zero-order chi connectivity index (χ0) is 18.8. The second-order valence-corrected chi connectivity index (χ2v) is 6.57. The molecule has 2 aromatic carbocycles. The van der Waals surface area contributed by atoms with Crippen molar-refractivity contribution < 1.29 is 19.8 Å². The van der Waals surface area contributed by atoms with Crippen LogP contribution in [-0.4, -0.2) is 47.1 Å². The maximum absolute atomic E-state index is 13.1. The second kappa shape index (κ2) is 7.27. The summed E-state index contributed by atoms with van der Waals surface area (Å²) in [4.78, 5) is 26.2. The van der Waals surface area contributed by atoms with Crippen LogP contribution in [0.25, 0.3) is 0 Å². The summed E-state index contributed by atoms with van der Waals surface area (Å²) in [6, 6.07) is 10.2. The van der Waals surface area contributed by atoms with E-state index in [1.54, 1.807) is 50.2 Å². The van der Waals surface area contributed by atoms with Gasteiger partial charge in [-0.2, -0.15) is 0 Å². The number of fused-ring (bicyclic) bond motifs is 2. The summed E-state index contributed by atoms with van der Waals surface area (Å²) in [7, 11) is 0. The summed E-state index contributed by atoms with van der Waals surface area (Å²) in [6.45, 7) is 3.80. The van der Waals surface area contributed by atoms with Gasteiger partial charge in [-0.3, -0.25) is 9.59 Å². The smallest absolute Gasteiger partial charge is 0.196 e. The first kappa shape index (κ1) is 18.1. The van der Waals surface area contributed by atoms with Gasteiger partial charge in [0, 0.05) is 35.6 Å². The molecule has 0 radical (unpaired) electrons. The Labute approximate surface area is 151 Å². The first-order chi connectivity index (χ1) is 12.4. The lowest BCUT2D eigenvalue weighted by Gasteiger charge is -2.24. The number of hydrogen-bond donors (Lipinski definition) is 4. The number of nitrogens with one attached hydrogen (secondary N) is 2. The largest absolute Gasteiger partial charge is 0.392 e. The van der Waals surface area contributed by atoms with Crippen LogP contribution < -0.4 is 10.6 Å². The molecular formula is C20H22N2O4. The maximum atomic E-state index is 13.1. The molecule has 0 aliphatic heterocycles. The molecule has 136 valence electrons. The predicted octanol–water partition coefficient (Wildman–Crippen LogP) is 2.05. The lowest BCUT2D eigenvalue weighted by molar-refractivity contribution is 0.0980. The molecule has 0 aromatic heterocycles. The third-order valence-electron chi connectivity index (χ3n) is 4.25. The molecule has 26 heavy (non-hydrogen) atoms. The average molecular weight is 354 g/mol. The van der Waals surface area contributed by atoms with Crippen molar-refractivity contribution in [2.45, 2.75) is 26.1 Å². The summed E-state index contributed by atoms with van der Waals surface area (Å²) in [5, 5.41) is 25.2. The number of carbonyl (C=O) groups is 2. The van der Waals surface area contributed by atoms with E-state index in [1.807, 2.05) is 0 Å². The van der Waals surface area contributed by atoms with Crippen molar-refractivity contribution in [2.75, 3.05) is 23.7 Å². The Morgan fingerprint density at radius 1 is 0.769 bits per heavy atom. The first-order valence-corrected chi connectivity index (χ1v) is 8.59. The summed E-state index contributed by atoms with van der Waals surface area (Å²) < 4.78 is 0. The second-order valence-electron chi connectivity index (χ2n) is 6.57. The zero-order valence-electron chi connectivity index (χ0n) is 14.7. The molecule has 6 nitrogen and oxygen atoms in total. The molecule has 4 N–H and O–H groups in total. The van der Waals surface area contributed by atoms with Crippen LogP contribution in [0.5, 0.6) is 0 Å². The van der Waals surface area contributed by atoms with Gasteiger partial charge in [0.1, 0.15) is 0 Å². The minimum Gasteiger partial charge on any atom is -0.392 e. The van der Waals surface area contributed by atoms with Crippen molar-refractivity contribution in [3.05, 3.63) is 58.7 Å². The van der Waals surface area contributed by atoms with Crippen LogP contribution in [-0.2, 0) is 0 Å². The number of aliphatic hydroxyl groups is 2. The Hall–Kier alpha value is -2.70. The molecule has 0 saturated carbocycles. The van der Waals surface area contributed by atoms with Gasteiger partial charge in [-0.25, -0.2) is 0 Å². The summed E-state index contributed by atoms with van der Waals surface area (Å²) in [5.74, 6) is -0.465. The van der Waals surface area contributed by atoms with Crippen LogP contribution in [0, 0.1) is 0 Å². The molecule has 0 saturated heterocycles. The molecule has 2 unspecified atom stereocenters. The minimum atomic E-state index is -0.597. The average Bonchev–Trinajstić information content (AvgIpc) is 2.62. The van der Waals surface area contributed by atoms with Crippen LogP contribution in [0.4, 0.5) is 11.4 Å². The first-order valence-electron chi connectivity index (χ1n) is 8.59. The highest BCUT2D eigenvalue weighted by molar-refractivity contribution is 6.31. The van der Waals surface area contributed by atoms with Gasteiger partial charge in [-0.1, -0.05) is 24.3 Å². The summed E-state index contributed by atoms with van der Waals surface area (Å²) in [6.07, 6.45) is -1.19. The van der Waals surface area contributed by atoms with E-state index in [-0.39, 0.29) is 24.7 Å².